The van der Waals surface area contributed by atoms with E-state index in [1.54, 1.807) is 37.4 Å². The van der Waals surface area contributed by atoms with Crippen LogP contribution in [0.25, 0.3) is 10.8 Å². The summed E-state index contributed by atoms with van der Waals surface area (Å²) < 4.78 is 1.36. The second-order valence-corrected chi connectivity index (χ2v) is 6.00. The van der Waals surface area contributed by atoms with Crippen LogP contribution in [0.3, 0.4) is 0 Å². The smallest absolute Gasteiger partial charge is 0.292 e. The van der Waals surface area contributed by atoms with Crippen molar-refractivity contribution in [3.8, 4) is 0 Å². The molecule has 0 fully saturated rings. The van der Waals surface area contributed by atoms with Crippen molar-refractivity contribution in [1.29, 1.82) is 0 Å². The molecule has 134 valence electrons. The lowest BCUT2D eigenvalue weighted by Gasteiger charge is -2.10. The quantitative estimate of drug-likeness (QED) is 0.528. The number of nitrogens with one attached hydrogen (secondary N) is 2. The molecule has 0 radical (unpaired) electrons. The van der Waals surface area contributed by atoms with Crippen molar-refractivity contribution in [2.75, 3.05) is 0 Å². The Hall–Kier alpha value is -3.22. The summed E-state index contributed by atoms with van der Waals surface area (Å²) in [7, 11) is 0. The van der Waals surface area contributed by atoms with E-state index in [0.717, 1.165) is 18.5 Å². The van der Waals surface area contributed by atoms with Crippen LogP contribution in [0.1, 0.15) is 42.9 Å². The Morgan fingerprint density at radius 2 is 2.00 bits per heavy atom. The van der Waals surface area contributed by atoms with Gasteiger partial charge in [-0.05, 0) is 31.5 Å². The zero-order valence-corrected chi connectivity index (χ0v) is 14.8. The Morgan fingerprint density at radius 3 is 2.69 bits per heavy atom. The van der Waals surface area contributed by atoms with Gasteiger partial charge in [-0.25, -0.2) is 10.1 Å². The van der Waals surface area contributed by atoms with Gasteiger partial charge in [0, 0.05) is 18.1 Å². The van der Waals surface area contributed by atoms with Crippen molar-refractivity contribution < 1.29 is 4.79 Å². The summed E-state index contributed by atoms with van der Waals surface area (Å²) in [5, 5.41) is 9.42. The SMILES string of the molecule is CCCCn1nc(C(=O)N/N=C(\C)c2ccc[nH]2)c2ccccc2c1=O. The van der Waals surface area contributed by atoms with Crippen LogP contribution < -0.4 is 11.0 Å². The number of nitrogens with zero attached hydrogens (tertiary/aromatic N) is 3. The third-order valence-corrected chi connectivity index (χ3v) is 4.12. The molecule has 7 heteroatoms. The van der Waals surface area contributed by atoms with Gasteiger partial charge in [-0.1, -0.05) is 31.5 Å². The van der Waals surface area contributed by atoms with Crippen LogP contribution in [0, 0.1) is 0 Å². The topological polar surface area (TPSA) is 92.1 Å². The minimum absolute atomic E-state index is 0.184. The molecule has 0 spiro atoms. The summed E-state index contributed by atoms with van der Waals surface area (Å²) in [5.74, 6) is -0.447. The van der Waals surface area contributed by atoms with Crippen molar-refractivity contribution in [3.63, 3.8) is 0 Å². The van der Waals surface area contributed by atoms with Gasteiger partial charge in [-0.3, -0.25) is 9.59 Å². The molecule has 3 aromatic rings. The van der Waals surface area contributed by atoms with E-state index in [-0.39, 0.29) is 11.3 Å². The average Bonchev–Trinajstić information content (AvgIpc) is 3.20. The highest BCUT2D eigenvalue weighted by atomic mass is 16.2. The second kappa shape index (κ2) is 7.77. The van der Waals surface area contributed by atoms with Gasteiger partial charge in [0.15, 0.2) is 5.69 Å². The van der Waals surface area contributed by atoms with Gasteiger partial charge in [0.2, 0.25) is 0 Å². The lowest BCUT2D eigenvalue weighted by molar-refractivity contribution is 0.0949. The van der Waals surface area contributed by atoms with Crippen LogP contribution >= 0.6 is 0 Å². The molecule has 2 aromatic heterocycles. The largest absolute Gasteiger partial charge is 0.360 e. The molecule has 0 aliphatic rings. The summed E-state index contributed by atoms with van der Waals surface area (Å²) in [6.07, 6.45) is 3.54. The summed E-state index contributed by atoms with van der Waals surface area (Å²) in [5.41, 5.74) is 4.00. The molecule has 3 rings (SSSR count). The zero-order valence-electron chi connectivity index (χ0n) is 14.8. The van der Waals surface area contributed by atoms with Crippen molar-refractivity contribution in [2.24, 2.45) is 5.10 Å². The maximum Gasteiger partial charge on any atom is 0.292 e. The second-order valence-electron chi connectivity index (χ2n) is 6.00. The number of aryl methyl sites for hydroxylation is 1. The summed E-state index contributed by atoms with van der Waals surface area (Å²) in [4.78, 5) is 28.3. The molecule has 1 amide bonds. The first-order valence-electron chi connectivity index (χ1n) is 8.60. The van der Waals surface area contributed by atoms with E-state index >= 15 is 0 Å². The lowest BCUT2D eigenvalue weighted by Crippen LogP contribution is -2.29. The number of rotatable bonds is 6. The normalized spacial score (nSPS) is 11.7. The molecule has 2 N–H and O–H groups in total. The number of benzene rings is 1. The number of H-pyrrole nitrogens is 1. The lowest BCUT2D eigenvalue weighted by atomic mass is 10.1. The van der Waals surface area contributed by atoms with E-state index in [4.69, 9.17) is 0 Å². The maximum atomic E-state index is 12.7. The van der Waals surface area contributed by atoms with Crippen molar-refractivity contribution in [1.82, 2.24) is 20.2 Å². The zero-order chi connectivity index (χ0) is 18.5. The van der Waals surface area contributed by atoms with Crippen molar-refractivity contribution in [3.05, 3.63) is 64.3 Å². The van der Waals surface area contributed by atoms with Crippen LogP contribution in [0.15, 0.2) is 52.5 Å². The van der Waals surface area contributed by atoms with Crippen LogP contribution in [0.5, 0.6) is 0 Å². The fourth-order valence-corrected chi connectivity index (χ4v) is 2.67. The fourth-order valence-electron chi connectivity index (χ4n) is 2.67. The Morgan fingerprint density at radius 1 is 1.23 bits per heavy atom. The molecule has 26 heavy (non-hydrogen) atoms. The number of amides is 1. The molecular formula is C19H21N5O2. The number of hydrogen-bond acceptors (Lipinski definition) is 4. The van der Waals surface area contributed by atoms with Crippen molar-refractivity contribution in [2.45, 2.75) is 33.2 Å². The highest BCUT2D eigenvalue weighted by molar-refractivity contribution is 6.05. The number of unbranched alkanes of at least 4 members (excludes halogenated alkanes) is 1. The predicted octanol–water partition coefficient (Wildman–Crippen LogP) is 2.68. The number of hydrogen-bond donors (Lipinski definition) is 2. The van der Waals surface area contributed by atoms with Gasteiger partial charge in [0.05, 0.1) is 16.8 Å². The van der Waals surface area contributed by atoms with Crippen molar-refractivity contribution >= 4 is 22.4 Å². The molecular weight excluding hydrogens is 330 g/mol. The number of carbonyl (C=O) groups excluding carboxylic acids is 1. The van der Waals surface area contributed by atoms with Gasteiger partial charge in [-0.2, -0.15) is 10.2 Å². The number of fused-ring (bicyclic) bond motifs is 1. The highest BCUT2D eigenvalue weighted by Crippen LogP contribution is 2.13. The van der Waals surface area contributed by atoms with Gasteiger partial charge < -0.3 is 4.98 Å². The molecule has 2 heterocycles. The Kier molecular flexibility index (Phi) is 5.26. The molecule has 0 unspecified atom stereocenters. The van der Waals surface area contributed by atoms with Gasteiger partial charge >= 0.3 is 0 Å². The number of hydrazone groups is 1. The average molecular weight is 351 g/mol. The summed E-state index contributed by atoms with van der Waals surface area (Å²) >= 11 is 0. The third kappa shape index (κ3) is 3.56. The first kappa shape index (κ1) is 17.6. The fraction of sp³-hybridized carbons (Fsp3) is 0.263. The van der Waals surface area contributed by atoms with Gasteiger partial charge in [0.1, 0.15) is 0 Å². The van der Waals surface area contributed by atoms with Crippen LogP contribution in [-0.2, 0) is 6.54 Å². The molecule has 1 aromatic carbocycles. The standard InChI is InChI=1S/C19H21N5O2/c1-3-4-12-24-19(26)15-9-6-5-8-14(15)17(23-24)18(25)22-21-13(2)16-10-7-11-20-16/h5-11,20H,3-4,12H2,1-2H3,(H,22,25)/b21-13+. The minimum Gasteiger partial charge on any atom is -0.360 e. The molecule has 7 nitrogen and oxygen atoms in total. The van der Waals surface area contributed by atoms with E-state index < -0.39 is 5.91 Å². The Labute approximate surface area is 150 Å². The predicted molar refractivity (Wildman–Crippen MR) is 101 cm³/mol. The molecule has 0 aliphatic carbocycles. The molecule has 0 aliphatic heterocycles. The number of aromatic nitrogens is 3. The van der Waals surface area contributed by atoms with E-state index in [2.05, 4.69) is 20.6 Å². The van der Waals surface area contributed by atoms with Crippen LogP contribution in [-0.4, -0.2) is 26.4 Å². The first-order valence-corrected chi connectivity index (χ1v) is 8.60. The number of carbonyl (C=O) groups is 1. The van der Waals surface area contributed by atoms with E-state index in [9.17, 15) is 9.59 Å². The first-order chi connectivity index (χ1) is 12.6. The molecule has 0 saturated heterocycles. The summed E-state index contributed by atoms with van der Waals surface area (Å²) in [6, 6.07) is 10.7. The molecule has 0 bridgehead atoms. The van der Waals surface area contributed by atoms with Gasteiger partial charge in [0.25, 0.3) is 11.5 Å². The van der Waals surface area contributed by atoms with Gasteiger partial charge in [-0.15, -0.1) is 0 Å². The highest BCUT2D eigenvalue weighted by Gasteiger charge is 2.16. The van der Waals surface area contributed by atoms with E-state index in [1.807, 2.05) is 19.1 Å². The minimum atomic E-state index is -0.447. The van der Waals surface area contributed by atoms with Crippen LogP contribution in [0.2, 0.25) is 0 Å². The number of aromatic amines is 1. The summed E-state index contributed by atoms with van der Waals surface area (Å²) in [6.45, 7) is 4.31. The molecule has 0 saturated carbocycles. The molecule has 0 atom stereocenters. The Bertz CT molecular complexity index is 1000. The van der Waals surface area contributed by atoms with E-state index in [1.165, 1.54) is 4.68 Å². The third-order valence-electron chi connectivity index (χ3n) is 4.12. The Balaban J connectivity index is 1.97. The van der Waals surface area contributed by atoms with Crippen LogP contribution in [0.4, 0.5) is 0 Å². The van der Waals surface area contributed by atoms with E-state index in [0.29, 0.717) is 23.0 Å². The maximum absolute atomic E-state index is 12.7. The monoisotopic (exact) mass is 351 g/mol.